The summed E-state index contributed by atoms with van der Waals surface area (Å²) in [5.41, 5.74) is 6.90. The van der Waals surface area contributed by atoms with Crippen LogP contribution in [0.25, 0.3) is 0 Å². The Bertz CT molecular complexity index is 240. The lowest BCUT2D eigenvalue weighted by Gasteiger charge is -2.08. The highest BCUT2D eigenvalue weighted by molar-refractivity contribution is 5.14. The Morgan fingerprint density at radius 1 is 1.46 bits per heavy atom. The number of aryl methyl sites for hydroxylation is 1. The monoisotopic (exact) mass is 180 g/mol. The first kappa shape index (κ1) is 10.3. The van der Waals surface area contributed by atoms with Gasteiger partial charge in [0, 0.05) is 19.4 Å². The maximum absolute atomic E-state index is 5.45. The van der Waals surface area contributed by atoms with Crippen LogP contribution in [0.4, 0.5) is 0 Å². The minimum atomic E-state index is 0.674. The molecule has 1 heterocycles. The van der Waals surface area contributed by atoms with Gasteiger partial charge < -0.3 is 10.3 Å². The number of hydrogen-bond donors (Lipinski definition) is 1. The second-order valence-electron chi connectivity index (χ2n) is 3.80. The summed E-state index contributed by atoms with van der Waals surface area (Å²) in [6.07, 6.45) is 7.95. The van der Waals surface area contributed by atoms with Gasteiger partial charge in [-0.15, -0.1) is 0 Å². The molecule has 0 aromatic carbocycles. The number of unbranched alkanes of at least 4 members (excludes halogenated alkanes) is 1. The normalized spacial score (nSPS) is 13.2. The Labute approximate surface area is 80.7 Å². The maximum Gasteiger partial charge on any atom is 0.0106 e. The van der Waals surface area contributed by atoms with Crippen molar-refractivity contribution in [2.24, 2.45) is 12.8 Å². The Hall–Kier alpha value is -0.760. The molecular weight excluding hydrogens is 160 g/mol. The summed E-state index contributed by atoms with van der Waals surface area (Å²) in [6.45, 7) is 3.10. The molecule has 1 aromatic rings. The molecule has 0 fully saturated rings. The number of rotatable bonds is 5. The first-order valence-corrected chi connectivity index (χ1v) is 5.06. The maximum atomic E-state index is 5.45. The molecule has 1 rings (SSSR count). The van der Waals surface area contributed by atoms with E-state index in [1.807, 2.05) is 0 Å². The third-order valence-electron chi connectivity index (χ3n) is 2.52. The Morgan fingerprint density at radius 3 is 2.77 bits per heavy atom. The second kappa shape index (κ2) is 5.07. The van der Waals surface area contributed by atoms with E-state index in [1.165, 1.54) is 18.4 Å². The van der Waals surface area contributed by atoms with E-state index in [9.17, 15) is 0 Å². The van der Waals surface area contributed by atoms with Crippen LogP contribution in [-0.4, -0.2) is 11.1 Å². The van der Waals surface area contributed by atoms with Gasteiger partial charge in [0.05, 0.1) is 0 Å². The molecule has 0 saturated heterocycles. The van der Waals surface area contributed by atoms with E-state index in [4.69, 9.17) is 5.73 Å². The SMILES string of the molecule is CC(CCCCN)c1ccn(C)c1. The van der Waals surface area contributed by atoms with Crippen molar-refractivity contribution in [2.45, 2.75) is 32.1 Å². The first-order chi connectivity index (χ1) is 6.24. The van der Waals surface area contributed by atoms with Gasteiger partial charge in [-0.05, 0) is 36.9 Å². The van der Waals surface area contributed by atoms with Crippen molar-refractivity contribution in [3.63, 3.8) is 0 Å². The summed E-state index contributed by atoms with van der Waals surface area (Å²) in [6, 6.07) is 2.20. The van der Waals surface area contributed by atoms with Crippen LogP contribution >= 0.6 is 0 Å². The molecule has 1 aromatic heterocycles. The molecular formula is C11H20N2. The quantitative estimate of drug-likeness (QED) is 0.692. The summed E-state index contributed by atoms with van der Waals surface area (Å²) in [5, 5.41) is 0. The molecule has 2 N–H and O–H groups in total. The zero-order valence-corrected chi connectivity index (χ0v) is 8.66. The molecule has 1 atom stereocenters. The minimum absolute atomic E-state index is 0.674. The molecule has 0 aliphatic carbocycles. The summed E-state index contributed by atoms with van der Waals surface area (Å²) in [7, 11) is 2.07. The summed E-state index contributed by atoms with van der Waals surface area (Å²) >= 11 is 0. The molecule has 0 radical (unpaired) electrons. The fourth-order valence-corrected chi connectivity index (χ4v) is 1.58. The van der Waals surface area contributed by atoms with Gasteiger partial charge in [0.2, 0.25) is 0 Å². The summed E-state index contributed by atoms with van der Waals surface area (Å²) < 4.78 is 2.11. The van der Waals surface area contributed by atoms with E-state index >= 15 is 0 Å². The highest BCUT2D eigenvalue weighted by Gasteiger charge is 2.05. The zero-order chi connectivity index (χ0) is 9.68. The smallest absolute Gasteiger partial charge is 0.0106 e. The standard InChI is InChI=1S/C11H20N2/c1-10(5-3-4-7-12)11-6-8-13(2)9-11/h6,8-10H,3-5,7,12H2,1-2H3. The average Bonchev–Trinajstić information content (AvgIpc) is 2.52. The van der Waals surface area contributed by atoms with Gasteiger partial charge in [0.25, 0.3) is 0 Å². The van der Waals surface area contributed by atoms with Gasteiger partial charge in [0.1, 0.15) is 0 Å². The molecule has 0 saturated carbocycles. The van der Waals surface area contributed by atoms with E-state index < -0.39 is 0 Å². The number of aromatic nitrogens is 1. The van der Waals surface area contributed by atoms with Gasteiger partial charge in [-0.1, -0.05) is 13.3 Å². The second-order valence-corrected chi connectivity index (χ2v) is 3.80. The largest absolute Gasteiger partial charge is 0.357 e. The Balaban J connectivity index is 2.35. The van der Waals surface area contributed by atoms with Crippen molar-refractivity contribution < 1.29 is 0 Å². The third-order valence-corrected chi connectivity index (χ3v) is 2.52. The molecule has 0 aliphatic heterocycles. The predicted molar refractivity (Wildman–Crippen MR) is 56.7 cm³/mol. The van der Waals surface area contributed by atoms with Crippen molar-refractivity contribution >= 4 is 0 Å². The fraction of sp³-hybridized carbons (Fsp3) is 0.636. The molecule has 74 valence electrons. The van der Waals surface area contributed by atoms with Crippen molar-refractivity contribution in [2.75, 3.05) is 6.54 Å². The predicted octanol–water partition coefficient (Wildman–Crippen LogP) is 2.26. The van der Waals surface area contributed by atoms with Crippen LogP contribution in [0, 0.1) is 0 Å². The molecule has 13 heavy (non-hydrogen) atoms. The molecule has 2 heteroatoms. The summed E-state index contributed by atoms with van der Waals surface area (Å²) in [4.78, 5) is 0. The molecule has 0 amide bonds. The minimum Gasteiger partial charge on any atom is -0.357 e. The van der Waals surface area contributed by atoms with E-state index in [0.717, 1.165) is 13.0 Å². The highest BCUT2D eigenvalue weighted by atomic mass is 14.9. The molecule has 0 spiro atoms. The lowest BCUT2D eigenvalue weighted by Crippen LogP contribution is -1.99. The molecule has 0 bridgehead atoms. The number of nitrogens with zero attached hydrogens (tertiary/aromatic N) is 1. The van der Waals surface area contributed by atoms with E-state index in [-0.39, 0.29) is 0 Å². The zero-order valence-electron chi connectivity index (χ0n) is 8.66. The van der Waals surface area contributed by atoms with Crippen molar-refractivity contribution in [3.8, 4) is 0 Å². The molecule has 2 nitrogen and oxygen atoms in total. The number of nitrogens with two attached hydrogens (primary N) is 1. The van der Waals surface area contributed by atoms with Crippen LogP contribution < -0.4 is 5.73 Å². The van der Waals surface area contributed by atoms with Gasteiger partial charge in [-0.2, -0.15) is 0 Å². The van der Waals surface area contributed by atoms with Crippen molar-refractivity contribution in [1.82, 2.24) is 4.57 Å². The highest BCUT2D eigenvalue weighted by Crippen LogP contribution is 2.20. The van der Waals surface area contributed by atoms with Gasteiger partial charge in [-0.3, -0.25) is 0 Å². The Kier molecular flexibility index (Phi) is 4.03. The van der Waals surface area contributed by atoms with Crippen molar-refractivity contribution in [1.29, 1.82) is 0 Å². The van der Waals surface area contributed by atoms with Crippen LogP contribution in [-0.2, 0) is 7.05 Å². The third kappa shape index (κ3) is 3.23. The summed E-state index contributed by atoms with van der Waals surface area (Å²) in [5.74, 6) is 0.674. The topological polar surface area (TPSA) is 30.9 Å². The molecule has 0 aliphatic rings. The lowest BCUT2D eigenvalue weighted by atomic mass is 9.98. The van der Waals surface area contributed by atoms with Crippen LogP contribution in [0.5, 0.6) is 0 Å². The fourth-order valence-electron chi connectivity index (χ4n) is 1.58. The molecule has 1 unspecified atom stereocenters. The van der Waals surface area contributed by atoms with Gasteiger partial charge in [-0.25, -0.2) is 0 Å². The van der Waals surface area contributed by atoms with E-state index in [1.54, 1.807) is 0 Å². The van der Waals surface area contributed by atoms with Crippen LogP contribution in [0.1, 0.15) is 37.7 Å². The van der Waals surface area contributed by atoms with Crippen LogP contribution in [0.2, 0.25) is 0 Å². The number of hydrogen-bond acceptors (Lipinski definition) is 1. The van der Waals surface area contributed by atoms with Crippen LogP contribution in [0.15, 0.2) is 18.5 Å². The van der Waals surface area contributed by atoms with E-state index in [2.05, 4.69) is 37.0 Å². The van der Waals surface area contributed by atoms with Gasteiger partial charge in [0.15, 0.2) is 0 Å². The van der Waals surface area contributed by atoms with Crippen LogP contribution in [0.3, 0.4) is 0 Å². The lowest BCUT2D eigenvalue weighted by molar-refractivity contribution is 0.609. The van der Waals surface area contributed by atoms with Gasteiger partial charge >= 0.3 is 0 Å². The average molecular weight is 180 g/mol. The Morgan fingerprint density at radius 2 is 2.23 bits per heavy atom. The van der Waals surface area contributed by atoms with Crippen molar-refractivity contribution in [3.05, 3.63) is 24.0 Å². The first-order valence-electron chi connectivity index (χ1n) is 5.06. The van der Waals surface area contributed by atoms with E-state index in [0.29, 0.717) is 5.92 Å².